The number of para-hydroxylation sites is 1. The van der Waals surface area contributed by atoms with Crippen molar-refractivity contribution >= 4 is 39.0 Å². The fourth-order valence-electron chi connectivity index (χ4n) is 2.74. The second-order valence-electron chi connectivity index (χ2n) is 5.70. The standard InChI is InChI=1S/C19H17BrN2O3/c1-12-16(14-5-3-4-6-18(14)22(12)2)10-21-25-11-13-7-8-15(19(23)24)17(20)9-13/h3-10H,11H2,1-2H3,(H,23,24)/b21-10+. The minimum Gasteiger partial charge on any atom is -0.478 e. The summed E-state index contributed by atoms with van der Waals surface area (Å²) >= 11 is 3.26. The second-order valence-corrected chi connectivity index (χ2v) is 6.56. The van der Waals surface area contributed by atoms with Gasteiger partial charge in [-0.2, -0.15) is 0 Å². The Labute approximate surface area is 153 Å². The van der Waals surface area contributed by atoms with Crippen LogP contribution in [0.2, 0.25) is 0 Å². The Hall–Kier alpha value is -2.60. The number of fused-ring (bicyclic) bond motifs is 1. The molecule has 3 aromatic rings. The van der Waals surface area contributed by atoms with Crippen LogP contribution >= 0.6 is 15.9 Å². The molecule has 0 aliphatic heterocycles. The quantitative estimate of drug-likeness (QED) is 0.506. The van der Waals surface area contributed by atoms with Crippen molar-refractivity contribution in [3.8, 4) is 0 Å². The summed E-state index contributed by atoms with van der Waals surface area (Å²) in [5, 5.41) is 14.2. The summed E-state index contributed by atoms with van der Waals surface area (Å²) in [7, 11) is 2.03. The SMILES string of the molecule is Cc1c(/C=N/OCc2ccc(C(=O)O)c(Br)c2)c2ccccc2n1C. The number of hydrogen-bond acceptors (Lipinski definition) is 3. The molecule has 0 saturated carbocycles. The number of halogens is 1. The summed E-state index contributed by atoms with van der Waals surface area (Å²) in [4.78, 5) is 16.4. The highest BCUT2D eigenvalue weighted by molar-refractivity contribution is 9.10. The summed E-state index contributed by atoms with van der Waals surface area (Å²) in [5.74, 6) is -0.969. The minimum absolute atomic E-state index is 0.221. The molecule has 0 fully saturated rings. The molecular weight excluding hydrogens is 384 g/mol. The maximum Gasteiger partial charge on any atom is 0.336 e. The van der Waals surface area contributed by atoms with Crippen molar-refractivity contribution in [2.75, 3.05) is 0 Å². The lowest BCUT2D eigenvalue weighted by Crippen LogP contribution is -1.98. The fraction of sp³-hybridized carbons (Fsp3) is 0.158. The van der Waals surface area contributed by atoms with Crippen LogP contribution in [0.3, 0.4) is 0 Å². The third-order valence-electron chi connectivity index (χ3n) is 4.20. The van der Waals surface area contributed by atoms with Crippen molar-refractivity contribution < 1.29 is 14.7 Å². The normalized spacial score (nSPS) is 11.3. The van der Waals surface area contributed by atoms with Crippen LogP contribution in [0, 0.1) is 6.92 Å². The van der Waals surface area contributed by atoms with E-state index in [-0.39, 0.29) is 12.2 Å². The van der Waals surface area contributed by atoms with Gasteiger partial charge in [0, 0.05) is 33.7 Å². The zero-order chi connectivity index (χ0) is 18.0. The third-order valence-corrected chi connectivity index (χ3v) is 4.86. The monoisotopic (exact) mass is 400 g/mol. The number of rotatable bonds is 5. The molecule has 25 heavy (non-hydrogen) atoms. The Morgan fingerprint density at radius 2 is 2.08 bits per heavy atom. The lowest BCUT2D eigenvalue weighted by Gasteiger charge is -2.03. The maximum absolute atomic E-state index is 11.0. The molecule has 128 valence electrons. The number of aromatic carboxylic acids is 1. The van der Waals surface area contributed by atoms with E-state index in [1.807, 2.05) is 26.1 Å². The molecule has 0 amide bonds. The van der Waals surface area contributed by atoms with Crippen LogP contribution in [-0.2, 0) is 18.5 Å². The van der Waals surface area contributed by atoms with E-state index in [0.29, 0.717) is 4.47 Å². The lowest BCUT2D eigenvalue weighted by atomic mass is 10.1. The fourth-order valence-corrected chi connectivity index (χ4v) is 3.33. The number of aryl methyl sites for hydroxylation is 1. The van der Waals surface area contributed by atoms with Crippen LogP contribution in [-0.4, -0.2) is 21.9 Å². The highest BCUT2D eigenvalue weighted by atomic mass is 79.9. The van der Waals surface area contributed by atoms with Gasteiger partial charge in [-0.05, 0) is 46.6 Å². The van der Waals surface area contributed by atoms with E-state index >= 15 is 0 Å². The van der Waals surface area contributed by atoms with E-state index < -0.39 is 5.97 Å². The van der Waals surface area contributed by atoms with Crippen LogP contribution in [0.4, 0.5) is 0 Å². The Kier molecular flexibility index (Phi) is 4.90. The van der Waals surface area contributed by atoms with Crippen LogP contribution in [0.5, 0.6) is 0 Å². The lowest BCUT2D eigenvalue weighted by molar-refractivity contribution is 0.0695. The average molecular weight is 401 g/mol. The highest BCUT2D eigenvalue weighted by Gasteiger charge is 2.10. The molecule has 1 heterocycles. The van der Waals surface area contributed by atoms with E-state index in [1.54, 1.807) is 24.4 Å². The van der Waals surface area contributed by atoms with Gasteiger partial charge in [0.1, 0.15) is 6.61 Å². The minimum atomic E-state index is -0.969. The van der Waals surface area contributed by atoms with E-state index in [1.165, 1.54) is 0 Å². The van der Waals surface area contributed by atoms with Crippen LogP contribution in [0.25, 0.3) is 10.9 Å². The number of nitrogens with zero attached hydrogens (tertiary/aromatic N) is 2. The molecule has 0 aliphatic rings. The molecule has 0 aliphatic carbocycles. The summed E-state index contributed by atoms with van der Waals surface area (Å²) in [5.41, 5.74) is 4.35. The average Bonchev–Trinajstić information content (AvgIpc) is 2.83. The number of oxime groups is 1. The molecule has 0 spiro atoms. The zero-order valence-electron chi connectivity index (χ0n) is 13.9. The number of benzene rings is 2. The maximum atomic E-state index is 11.0. The Morgan fingerprint density at radius 1 is 1.32 bits per heavy atom. The van der Waals surface area contributed by atoms with E-state index in [2.05, 4.69) is 37.8 Å². The summed E-state index contributed by atoms with van der Waals surface area (Å²) in [6, 6.07) is 13.1. The van der Waals surface area contributed by atoms with Crippen molar-refractivity contribution in [3.63, 3.8) is 0 Å². The van der Waals surface area contributed by atoms with Crippen molar-refractivity contribution in [3.05, 3.63) is 69.3 Å². The third kappa shape index (κ3) is 3.44. The number of carboxylic acid groups (broad SMARTS) is 1. The van der Waals surface area contributed by atoms with Crippen molar-refractivity contribution in [2.24, 2.45) is 12.2 Å². The van der Waals surface area contributed by atoms with E-state index in [9.17, 15) is 4.79 Å². The molecule has 0 saturated heterocycles. The van der Waals surface area contributed by atoms with Crippen LogP contribution in [0.15, 0.2) is 52.1 Å². The first-order chi connectivity index (χ1) is 12.0. The highest BCUT2D eigenvalue weighted by Crippen LogP contribution is 2.23. The largest absolute Gasteiger partial charge is 0.478 e. The Morgan fingerprint density at radius 3 is 2.80 bits per heavy atom. The number of carboxylic acids is 1. The summed E-state index contributed by atoms with van der Waals surface area (Å²) < 4.78 is 2.65. The van der Waals surface area contributed by atoms with Gasteiger partial charge in [0.15, 0.2) is 0 Å². The van der Waals surface area contributed by atoms with Crippen molar-refractivity contribution in [1.29, 1.82) is 0 Å². The van der Waals surface area contributed by atoms with Crippen LogP contribution in [0.1, 0.15) is 27.2 Å². The molecular formula is C19H17BrN2O3. The molecule has 5 nitrogen and oxygen atoms in total. The summed E-state index contributed by atoms with van der Waals surface area (Å²) in [6.07, 6.45) is 1.72. The zero-order valence-corrected chi connectivity index (χ0v) is 15.4. The van der Waals surface area contributed by atoms with Gasteiger partial charge in [-0.15, -0.1) is 0 Å². The van der Waals surface area contributed by atoms with Crippen molar-refractivity contribution in [2.45, 2.75) is 13.5 Å². The molecule has 0 bridgehead atoms. The first kappa shape index (κ1) is 17.2. The smallest absolute Gasteiger partial charge is 0.336 e. The number of aromatic nitrogens is 1. The van der Waals surface area contributed by atoms with E-state index in [0.717, 1.165) is 27.7 Å². The van der Waals surface area contributed by atoms with Gasteiger partial charge in [0.25, 0.3) is 0 Å². The summed E-state index contributed by atoms with van der Waals surface area (Å²) in [6.45, 7) is 2.31. The molecule has 1 N–H and O–H groups in total. The topological polar surface area (TPSA) is 63.8 Å². The second kappa shape index (κ2) is 7.11. The van der Waals surface area contributed by atoms with Crippen LogP contribution < -0.4 is 0 Å². The van der Waals surface area contributed by atoms with Gasteiger partial charge < -0.3 is 14.5 Å². The molecule has 0 atom stereocenters. The number of hydrogen-bond donors (Lipinski definition) is 1. The molecule has 0 unspecified atom stereocenters. The van der Waals surface area contributed by atoms with Gasteiger partial charge in [0.2, 0.25) is 0 Å². The number of carbonyl (C=O) groups is 1. The van der Waals surface area contributed by atoms with E-state index in [4.69, 9.17) is 9.94 Å². The van der Waals surface area contributed by atoms with Gasteiger partial charge in [-0.3, -0.25) is 0 Å². The Balaban J connectivity index is 1.74. The predicted octanol–water partition coefficient (Wildman–Crippen LogP) is 4.50. The van der Waals surface area contributed by atoms with Gasteiger partial charge in [0.05, 0.1) is 11.8 Å². The molecule has 0 radical (unpaired) electrons. The Bertz CT molecular complexity index is 976. The first-order valence-corrected chi connectivity index (χ1v) is 8.49. The van der Waals surface area contributed by atoms with Gasteiger partial charge >= 0.3 is 5.97 Å². The first-order valence-electron chi connectivity index (χ1n) is 7.70. The van der Waals surface area contributed by atoms with Crippen molar-refractivity contribution in [1.82, 2.24) is 4.57 Å². The molecule has 3 rings (SSSR count). The molecule has 2 aromatic carbocycles. The molecule has 6 heteroatoms. The predicted molar refractivity (Wildman–Crippen MR) is 101 cm³/mol. The van der Waals surface area contributed by atoms with Gasteiger partial charge in [-0.1, -0.05) is 29.4 Å². The van der Waals surface area contributed by atoms with Gasteiger partial charge in [-0.25, -0.2) is 4.79 Å². The molecule has 1 aromatic heterocycles.